The number of carbonyl (C=O) groups is 1. The van der Waals surface area contributed by atoms with Gasteiger partial charge in [0.1, 0.15) is 5.75 Å². The highest BCUT2D eigenvalue weighted by Crippen LogP contribution is 2.16. The highest BCUT2D eigenvalue weighted by Gasteiger charge is 2.09. The van der Waals surface area contributed by atoms with Crippen LogP contribution in [0.1, 0.15) is 10.5 Å². The molecule has 0 saturated carbocycles. The lowest BCUT2D eigenvalue weighted by Gasteiger charge is -2.06. The first-order chi connectivity index (χ1) is 11.2. The number of benzene rings is 2. The molecule has 0 radical (unpaired) electrons. The molecule has 1 N–H and O–H groups in total. The van der Waals surface area contributed by atoms with Crippen LogP contribution in [0.4, 0.5) is 5.69 Å². The summed E-state index contributed by atoms with van der Waals surface area (Å²) in [4.78, 5) is 12.1. The molecule has 3 rings (SSSR count). The van der Waals surface area contributed by atoms with E-state index >= 15 is 0 Å². The van der Waals surface area contributed by atoms with Gasteiger partial charge in [-0.3, -0.25) is 4.79 Å². The molecule has 6 heteroatoms. The molecule has 0 saturated heterocycles. The average Bonchev–Trinajstić information content (AvgIpc) is 3.04. The Hall–Kier alpha value is -2.79. The average molecular weight is 328 g/mol. The molecule has 0 bridgehead atoms. The molecule has 116 valence electrons. The van der Waals surface area contributed by atoms with Crippen LogP contribution < -0.4 is 10.1 Å². The molecule has 23 heavy (non-hydrogen) atoms. The minimum absolute atomic E-state index is 0.209. The molecule has 1 amide bonds. The van der Waals surface area contributed by atoms with E-state index < -0.39 is 0 Å². The third kappa shape index (κ3) is 4.11. The second-order valence-corrected chi connectivity index (χ2v) is 5.22. The number of nitrogens with zero attached hydrogens (tertiary/aromatic N) is 2. The topological polar surface area (TPSA) is 56.2 Å². The summed E-state index contributed by atoms with van der Waals surface area (Å²) in [5, 5.41) is 7.62. The van der Waals surface area contributed by atoms with Crippen molar-refractivity contribution in [3.63, 3.8) is 0 Å². The van der Waals surface area contributed by atoms with Crippen molar-refractivity contribution in [3.05, 3.63) is 77.6 Å². The van der Waals surface area contributed by atoms with Crippen LogP contribution in [-0.2, 0) is 6.73 Å². The number of halogens is 1. The minimum atomic E-state index is -0.263. The molecule has 1 heterocycles. The van der Waals surface area contributed by atoms with Crippen molar-refractivity contribution in [1.82, 2.24) is 9.78 Å². The number of carbonyl (C=O) groups excluding carboxylic acids is 1. The summed E-state index contributed by atoms with van der Waals surface area (Å²) >= 11 is 5.82. The van der Waals surface area contributed by atoms with Gasteiger partial charge in [-0.15, -0.1) is 0 Å². The lowest BCUT2D eigenvalue weighted by molar-refractivity contribution is 0.102. The van der Waals surface area contributed by atoms with Crippen molar-refractivity contribution >= 4 is 23.2 Å². The summed E-state index contributed by atoms with van der Waals surface area (Å²) in [6.45, 7) is 0.209. The van der Waals surface area contributed by atoms with E-state index in [2.05, 4.69) is 10.4 Å². The maximum Gasteiger partial charge on any atom is 0.276 e. The summed E-state index contributed by atoms with van der Waals surface area (Å²) in [5.41, 5.74) is 1.05. The zero-order valence-electron chi connectivity index (χ0n) is 12.1. The van der Waals surface area contributed by atoms with Gasteiger partial charge in [0.25, 0.3) is 5.91 Å². The van der Waals surface area contributed by atoms with E-state index in [9.17, 15) is 4.79 Å². The Morgan fingerprint density at radius 3 is 2.57 bits per heavy atom. The molecule has 5 nitrogen and oxygen atoms in total. The summed E-state index contributed by atoms with van der Waals surface area (Å²) < 4.78 is 7.12. The van der Waals surface area contributed by atoms with Gasteiger partial charge in [-0.25, -0.2) is 4.68 Å². The van der Waals surface area contributed by atoms with Gasteiger partial charge in [0.15, 0.2) is 12.4 Å². The Morgan fingerprint density at radius 1 is 1.09 bits per heavy atom. The van der Waals surface area contributed by atoms with Gasteiger partial charge in [0.2, 0.25) is 0 Å². The van der Waals surface area contributed by atoms with Gasteiger partial charge in [-0.2, -0.15) is 5.10 Å². The normalized spacial score (nSPS) is 10.3. The fourth-order valence-corrected chi connectivity index (χ4v) is 2.07. The highest BCUT2D eigenvalue weighted by molar-refractivity contribution is 6.30. The number of aromatic nitrogens is 2. The number of ether oxygens (including phenoxy) is 1. The lowest BCUT2D eigenvalue weighted by atomic mass is 10.3. The fraction of sp³-hybridized carbons (Fsp3) is 0.0588. The van der Waals surface area contributed by atoms with Gasteiger partial charge < -0.3 is 10.1 Å². The second kappa shape index (κ2) is 6.98. The zero-order valence-corrected chi connectivity index (χ0v) is 12.9. The van der Waals surface area contributed by atoms with Crippen LogP contribution in [0, 0.1) is 0 Å². The van der Waals surface area contributed by atoms with E-state index in [0.29, 0.717) is 16.5 Å². The third-order valence-corrected chi connectivity index (χ3v) is 3.33. The molecule has 0 aliphatic heterocycles. The standard InChI is InChI=1S/C17H14ClN3O2/c18-13-6-8-15(9-7-13)23-12-21-11-10-16(20-21)17(22)19-14-4-2-1-3-5-14/h1-11H,12H2,(H,19,22). The third-order valence-electron chi connectivity index (χ3n) is 3.08. The van der Waals surface area contributed by atoms with Crippen molar-refractivity contribution in [2.45, 2.75) is 6.73 Å². The molecule has 0 unspecified atom stereocenters. The molecule has 0 fully saturated rings. The number of anilines is 1. The fourth-order valence-electron chi connectivity index (χ4n) is 1.94. The number of hydrogen-bond donors (Lipinski definition) is 1. The smallest absolute Gasteiger partial charge is 0.276 e. The molecule has 0 aliphatic rings. The maximum atomic E-state index is 12.1. The molecule has 0 atom stereocenters. The molecule has 3 aromatic rings. The van der Waals surface area contributed by atoms with Gasteiger partial charge in [0.05, 0.1) is 0 Å². The zero-order chi connectivity index (χ0) is 16.1. The van der Waals surface area contributed by atoms with E-state index in [1.807, 2.05) is 30.3 Å². The van der Waals surface area contributed by atoms with E-state index in [4.69, 9.17) is 16.3 Å². The molecule has 2 aromatic carbocycles. The van der Waals surface area contributed by atoms with Crippen molar-refractivity contribution in [2.24, 2.45) is 0 Å². The number of nitrogens with one attached hydrogen (secondary N) is 1. The largest absolute Gasteiger partial charge is 0.471 e. The van der Waals surface area contributed by atoms with Crippen LogP contribution in [0.2, 0.25) is 5.02 Å². The van der Waals surface area contributed by atoms with Crippen LogP contribution in [-0.4, -0.2) is 15.7 Å². The van der Waals surface area contributed by atoms with Crippen LogP contribution in [0.5, 0.6) is 5.75 Å². The van der Waals surface area contributed by atoms with Crippen LogP contribution in [0.25, 0.3) is 0 Å². The summed E-state index contributed by atoms with van der Waals surface area (Å²) in [5.74, 6) is 0.418. The van der Waals surface area contributed by atoms with Gasteiger partial charge in [-0.1, -0.05) is 29.8 Å². The first-order valence-corrected chi connectivity index (χ1v) is 7.37. The number of rotatable bonds is 5. The predicted molar refractivity (Wildman–Crippen MR) is 88.7 cm³/mol. The molecule has 1 aromatic heterocycles. The molecular weight excluding hydrogens is 314 g/mol. The SMILES string of the molecule is O=C(Nc1ccccc1)c1ccn(COc2ccc(Cl)cc2)n1. The number of para-hydroxylation sites is 1. The quantitative estimate of drug-likeness (QED) is 0.775. The Labute approximate surface area is 138 Å². The Morgan fingerprint density at radius 2 is 1.83 bits per heavy atom. The van der Waals surface area contributed by atoms with Crippen LogP contribution in [0.15, 0.2) is 66.9 Å². The number of hydrogen-bond acceptors (Lipinski definition) is 3. The van der Waals surface area contributed by atoms with Crippen molar-refractivity contribution in [3.8, 4) is 5.75 Å². The molecular formula is C17H14ClN3O2. The summed E-state index contributed by atoms with van der Waals surface area (Å²) in [6, 6.07) is 17.9. The summed E-state index contributed by atoms with van der Waals surface area (Å²) in [7, 11) is 0. The highest BCUT2D eigenvalue weighted by atomic mass is 35.5. The Kier molecular flexibility index (Phi) is 4.59. The van der Waals surface area contributed by atoms with Gasteiger partial charge >= 0.3 is 0 Å². The first-order valence-electron chi connectivity index (χ1n) is 6.99. The van der Waals surface area contributed by atoms with Gasteiger partial charge in [0, 0.05) is 16.9 Å². The molecule has 0 aliphatic carbocycles. The van der Waals surface area contributed by atoms with Crippen LogP contribution >= 0.6 is 11.6 Å². The van der Waals surface area contributed by atoms with E-state index in [1.54, 1.807) is 41.2 Å². The minimum Gasteiger partial charge on any atom is -0.471 e. The molecule has 0 spiro atoms. The van der Waals surface area contributed by atoms with E-state index in [0.717, 1.165) is 5.69 Å². The van der Waals surface area contributed by atoms with E-state index in [-0.39, 0.29) is 12.6 Å². The monoisotopic (exact) mass is 327 g/mol. The predicted octanol–water partition coefficient (Wildman–Crippen LogP) is 3.83. The Balaban J connectivity index is 1.59. The second-order valence-electron chi connectivity index (χ2n) is 4.79. The maximum absolute atomic E-state index is 12.1. The van der Waals surface area contributed by atoms with Crippen molar-refractivity contribution in [1.29, 1.82) is 0 Å². The van der Waals surface area contributed by atoms with Crippen LogP contribution in [0.3, 0.4) is 0 Å². The van der Waals surface area contributed by atoms with Gasteiger partial charge in [-0.05, 0) is 42.5 Å². The lowest BCUT2D eigenvalue weighted by Crippen LogP contribution is -2.14. The van der Waals surface area contributed by atoms with Crippen molar-refractivity contribution in [2.75, 3.05) is 5.32 Å². The van der Waals surface area contributed by atoms with E-state index in [1.165, 1.54) is 0 Å². The number of amides is 1. The van der Waals surface area contributed by atoms with Crippen molar-refractivity contribution < 1.29 is 9.53 Å². The first kappa shape index (κ1) is 15.1. The Bertz CT molecular complexity index is 785. The summed E-state index contributed by atoms with van der Waals surface area (Å²) in [6.07, 6.45) is 1.69.